The van der Waals surface area contributed by atoms with Crippen molar-refractivity contribution in [2.75, 3.05) is 13.1 Å². The molecule has 0 spiro atoms. The highest BCUT2D eigenvalue weighted by Crippen LogP contribution is 2.05. The third kappa shape index (κ3) is 4.04. The number of hydrogen-bond donors (Lipinski definition) is 1. The van der Waals surface area contributed by atoms with Crippen molar-refractivity contribution < 1.29 is 0 Å². The number of nitrogens with zero attached hydrogens (tertiary/aromatic N) is 2. The molecule has 0 aliphatic heterocycles. The monoisotopic (exact) mass is 209 g/mol. The van der Waals surface area contributed by atoms with E-state index >= 15 is 0 Å². The van der Waals surface area contributed by atoms with Gasteiger partial charge in [0.2, 0.25) is 0 Å². The van der Waals surface area contributed by atoms with E-state index in [1.165, 1.54) is 24.2 Å². The lowest BCUT2D eigenvalue weighted by Gasteiger charge is -2.03. The molecule has 0 aliphatic rings. The fourth-order valence-electron chi connectivity index (χ4n) is 1.67. The lowest BCUT2D eigenvalue weighted by Crippen LogP contribution is -2.16. The van der Waals surface area contributed by atoms with E-state index in [4.69, 9.17) is 0 Å². The molecule has 0 unspecified atom stereocenters. The van der Waals surface area contributed by atoms with Crippen LogP contribution in [0.5, 0.6) is 0 Å². The highest BCUT2D eigenvalue weighted by molar-refractivity contribution is 5.10. The highest BCUT2D eigenvalue weighted by atomic mass is 15.3. The fraction of sp³-hybridized carbons (Fsp3) is 0.750. The van der Waals surface area contributed by atoms with Gasteiger partial charge in [0.1, 0.15) is 0 Å². The summed E-state index contributed by atoms with van der Waals surface area (Å²) in [6, 6.07) is 2.22. The lowest BCUT2D eigenvalue weighted by molar-refractivity contribution is 0.616. The molecule has 1 heterocycles. The number of nitrogens with one attached hydrogen (secondary N) is 1. The smallest absolute Gasteiger partial charge is 0.0624 e. The van der Waals surface area contributed by atoms with Gasteiger partial charge in [-0.05, 0) is 44.8 Å². The Bertz CT molecular complexity index is 278. The van der Waals surface area contributed by atoms with Crippen molar-refractivity contribution in [3.63, 3.8) is 0 Å². The minimum absolute atomic E-state index is 1.03. The van der Waals surface area contributed by atoms with E-state index in [1.54, 1.807) is 0 Å². The molecule has 0 aromatic carbocycles. The van der Waals surface area contributed by atoms with Gasteiger partial charge in [-0.15, -0.1) is 0 Å². The summed E-state index contributed by atoms with van der Waals surface area (Å²) < 4.78 is 2.01. The first-order valence-electron chi connectivity index (χ1n) is 6.00. The van der Waals surface area contributed by atoms with Crippen LogP contribution in [0.4, 0.5) is 0 Å². The molecule has 0 aliphatic carbocycles. The molecule has 1 rings (SSSR count). The van der Waals surface area contributed by atoms with Crippen molar-refractivity contribution in [2.45, 2.75) is 39.5 Å². The molecule has 3 heteroatoms. The Morgan fingerprint density at radius 1 is 1.33 bits per heavy atom. The van der Waals surface area contributed by atoms with Crippen molar-refractivity contribution in [1.82, 2.24) is 15.1 Å². The molecule has 0 amide bonds. The van der Waals surface area contributed by atoms with Crippen LogP contribution in [0.15, 0.2) is 6.07 Å². The van der Waals surface area contributed by atoms with Gasteiger partial charge in [0.25, 0.3) is 0 Å². The normalized spacial score (nSPS) is 10.9. The van der Waals surface area contributed by atoms with Gasteiger partial charge in [0.05, 0.1) is 5.69 Å². The predicted octanol–water partition coefficient (Wildman–Crippen LogP) is 1.91. The first-order chi connectivity index (χ1) is 7.27. The van der Waals surface area contributed by atoms with Gasteiger partial charge >= 0.3 is 0 Å². The maximum absolute atomic E-state index is 4.44. The zero-order valence-electron chi connectivity index (χ0n) is 10.2. The van der Waals surface area contributed by atoms with E-state index in [9.17, 15) is 0 Å². The predicted molar refractivity (Wildman–Crippen MR) is 64.1 cm³/mol. The number of aryl methyl sites for hydroxylation is 3. The largest absolute Gasteiger partial charge is 0.317 e. The molecule has 0 fully saturated rings. The molecule has 3 nitrogen and oxygen atoms in total. The SMILES string of the molecule is CCCNCCCc1cc(CC)nn1C. The molecule has 0 radical (unpaired) electrons. The number of aromatic nitrogens is 2. The van der Waals surface area contributed by atoms with E-state index in [-0.39, 0.29) is 0 Å². The molecule has 1 N–H and O–H groups in total. The van der Waals surface area contributed by atoms with Crippen molar-refractivity contribution in [3.05, 3.63) is 17.5 Å². The van der Waals surface area contributed by atoms with Gasteiger partial charge < -0.3 is 5.32 Å². The molecule has 0 saturated heterocycles. The van der Waals surface area contributed by atoms with Crippen LogP contribution < -0.4 is 5.32 Å². The maximum Gasteiger partial charge on any atom is 0.0624 e. The van der Waals surface area contributed by atoms with Gasteiger partial charge in [-0.2, -0.15) is 5.10 Å². The zero-order valence-corrected chi connectivity index (χ0v) is 10.2. The number of hydrogen-bond acceptors (Lipinski definition) is 2. The van der Waals surface area contributed by atoms with Gasteiger partial charge in [-0.25, -0.2) is 0 Å². The summed E-state index contributed by atoms with van der Waals surface area (Å²) in [5, 5.41) is 7.86. The Morgan fingerprint density at radius 2 is 2.13 bits per heavy atom. The summed E-state index contributed by atoms with van der Waals surface area (Å²) in [5.74, 6) is 0. The quantitative estimate of drug-likeness (QED) is 0.695. The van der Waals surface area contributed by atoms with Crippen LogP contribution in [0, 0.1) is 0 Å². The lowest BCUT2D eigenvalue weighted by atomic mass is 10.2. The second kappa shape index (κ2) is 6.62. The molecule has 0 atom stereocenters. The molecule has 15 heavy (non-hydrogen) atoms. The molecule has 86 valence electrons. The Morgan fingerprint density at radius 3 is 2.73 bits per heavy atom. The average molecular weight is 209 g/mol. The van der Waals surface area contributed by atoms with Crippen molar-refractivity contribution in [3.8, 4) is 0 Å². The third-order valence-electron chi connectivity index (χ3n) is 2.60. The summed E-state index contributed by atoms with van der Waals surface area (Å²) in [7, 11) is 2.04. The summed E-state index contributed by atoms with van der Waals surface area (Å²) >= 11 is 0. The van der Waals surface area contributed by atoms with E-state index in [0.717, 1.165) is 25.9 Å². The van der Waals surface area contributed by atoms with Crippen LogP contribution in [-0.4, -0.2) is 22.9 Å². The Hall–Kier alpha value is -0.830. The van der Waals surface area contributed by atoms with Crippen LogP contribution in [0.2, 0.25) is 0 Å². The average Bonchev–Trinajstić information content (AvgIpc) is 2.59. The third-order valence-corrected chi connectivity index (χ3v) is 2.60. The van der Waals surface area contributed by atoms with Crippen LogP contribution in [0.25, 0.3) is 0 Å². The van der Waals surface area contributed by atoms with E-state index in [2.05, 4.69) is 30.3 Å². The molecular formula is C12H23N3. The fourth-order valence-corrected chi connectivity index (χ4v) is 1.67. The summed E-state index contributed by atoms with van der Waals surface area (Å²) in [6.07, 6.45) is 4.57. The molecule has 1 aromatic heterocycles. The Balaban J connectivity index is 2.27. The second-order valence-corrected chi connectivity index (χ2v) is 3.96. The van der Waals surface area contributed by atoms with E-state index in [1.807, 2.05) is 11.7 Å². The molecule has 1 aromatic rings. The summed E-state index contributed by atoms with van der Waals surface area (Å²) in [4.78, 5) is 0. The first-order valence-corrected chi connectivity index (χ1v) is 6.00. The van der Waals surface area contributed by atoms with Crippen molar-refractivity contribution in [1.29, 1.82) is 0 Å². The second-order valence-electron chi connectivity index (χ2n) is 3.96. The van der Waals surface area contributed by atoms with Crippen molar-refractivity contribution in [2.24, 2.45) is 7.05 Å². The van der Waals surface area contributed by atoms with Crippen LogP contribution in [0.1, 0.15) is 38.1 Å². The Kier molecular flexibility index (Phi) is 5.40. The minimum Gasteiger partial charge on any atom is -0.317 e. The molecular weight excluding hydrogens is 186 g/mol. The van der Waals surface area contributed by atoms with Gasteiger partial charge in [-0.3, -0.25) is 4.68 Å². The number of rotatable bonds is 7. The maximum atomic E-state index is 4.44. The zero-order chi connectivity index (χ0) is 11.1. The van der Waals surface area contributed by atoms with E-state index < -0.39 is 0 Å². The summed E-state index contributed by atoms with van der Waals surface area (Å²) in [6.45, 7) is 6.59. The van der Waals surface area contributed by atoms with Crippen molar-refractivity contribution >= 4 is 0 Å². The van der Waals surface area contributed by atoms with Crippen LogP contribution in [0.3, 0.4) is 0 Å². The minimum atomic E-state index is 1.03. The highest BCUT2D eigenvalue weighted by Gasteiger charge is 2.02. The van der Waals surface area contributed by atoms with Crippen LogP contribution in [-0.2, 0) is 19.9 Å². The van der Waals surface area contributed by atoms with Crippen LogP contribution >= 0.6 is 0 Å². The first kappa shape index (κ1) is 12.2. The molecule has 0 bridgehead atoms. The summed E-state index contributed by atoms with van der Waals surface area (Å²) in [5.41, 5.74) is 2.55. The van der Waals surface area contributed by atoms with E-state index in [0.29, 0.717) is 0 Å². The Labute approximate surface area is 92.9 Å². The van der Waals surface area contributed by atoms with Gasteiger partial charge in [0.15, 0.2) is 0 Å². The standard InChI is InChI=1S/C12H23N3/c1-4-8-13-9-6-7-12-10-11(5-2)14-15(12)3/h10,13H,4-9H2,1-3H3. The molecule has 0 saturated carbocycles. The topological polar surface area (TPSA) is 29.9 Å². The van der Waals surface area contributed by atoms with Gasteiger partial charge in [-0.1, -0.05) is 13.8 Å². The van der Waals surface area contributed by atoms with Gasteiger partial charge in [0, 0.05) is 12.7 Å².